The van der Waals surface area contributed by atoms with Crippen LogP contribution in [-0.4, -0.2) is 34.2 Å². The van der Waals surface area contributed by atoms with Gasteiger partial charge in [0.15, 0.2) is 21.5 Å². The lowest BCUT2D eigenvalue weighted by molar-refractivity contribution is 0.602. The molecule has 0 fully saturated rings. The Bertz CT molecular complexity index is 2700. The number of rotatable bonds is 5. The monoisotopic (exact) mass is 668 g/mol. The van der Waals surface area contributed by atoms with Crippen molar-refractivity contribution in [2.45, 2.75) is 24.2 Å². The maximum Gasteiger partial charge on any atom is 0.238 e. The zero-order chi connectivity index (χ0) is 34.2. The molecule has 0 aliphatic heterocycles. The minimum absolute atomic E-state index is 0.206. The Labute approximate surface area is 290 Å². The molecule has 2 heterocycles. The zero-order valence-electron chi connectivity index (χ0n) is 27.8. The van der Waals surface area contributed by atoms with E-state index in [9.17, 15) is 8.42 Å². The average molecular weight is 669 g/mol. The minimum atomic E-state index is -3.37. The van der Waals surface area contributed by atoms with Crippen molar-refractivity contribution in [1.29, 1.82) is 0 Å². The third-order valence-electron chi connectivity index (χ3n) is 9.95. The molecule has 242 valence electrons. The lowest BCUT2D eigenvalue weighted by Crippen LogP contribution is -2.15. The van der Waals surface area contributed by atoms with E-state index in [-0.39, 0.29) is 5.41 Å². The molecule has 9 rings (SSSR count). The largest absolute Gasteiger partial charge is 0.278 e. The third-order valence-corrected chi connectivity index (χ3v) is 11.1. The molecule has 8 aromatic rings. The molecule has 6 nitrogen and oxygen atoms in total. The Kier molecular flexibility index (Phi) is 6.67. The van der Waals surface area contributed by atoms with Crippen molar-refractivity contribution in [3.63, 3.8) is 0 Å². The van der Waals surface area contributed by atoms with Crippen LogP contribution in [-0.2, 0) is 15.3 Å². The van der Waals surface area contributed by atoms with Crippen molar-refractivity contribution in [3.05, 3.63) is 151 Å². The van der Waals surface area contributed by atoms with Crippen LogP contribution in [0.2, 0.25) is 0 Å². The first kappa shape index (κ1) is 30.2. The molecule has 2 aromatic heterocycles. The molecule has 0 saturated carbocycles. The molecular formula is C43H32N4O2S. The van der Waals surface area contributed by atoms with E-state index >= 15 is 0 Å². The van der Waals surface area contributed by atoms with Gasteiger partial charge in [0, 0.05) is 33.6 Å². The number of benzene rings is 6. The summed E-state index contributed by atoms with van der Waals surface area (Å²) in [6.45, 7) is 4.57. The Morgan fingerprint density at radius 3 is 1.80 bits per heavy atom. The van der Waals surface area contributed by atoms with Gasteiger partial charge in [-0.2, -0.15) is 9.97 Å². The topological polar surface area (TPSA) is 77.7 Å². The molecule has 0 radical (unpaired) electrons. The van der Waals surface area contributed by atoms with Crippen molar-refractivity contribution in [3.8, 4) is 51.0 Å². The number of aromatic nitrogens is 4. The quantitative estimate of drug-likeness (QED) is 0.183. The van der Waals surface area contributed by atoms with E-state index in [1.165, 1.54) is 28.5 Å². The number of nitrogens with zero attached hydrogens (tertiary/aromatic N) is 4. The van der Waals surface area contributed by atoms with Crippen molar-refractivity contribution in [2.24, 2.45) is 0 Å². The Morgan fingerprint density at radius 2 is 1.12 bits per heavy atom. The van der Waals surface area contributed by atoms with Crippen molar-refractivity contribution in [2.75, 3.05) is 6.26 Å². The summed E-state index contributed by atoms with van der Waals surface area (Å²) >= 11 is 0. The highest BCUT2D eigenvalue weighted by atomic mass is 32.2. The summed E-state index contributed by atoms with van der Waals surface area (Å²) in [4.78, 5) is 15.5. The molecule has 0 saturated heterocycles. The fourth-order valence-electron chi connectivity index (χ4n) is 7.41. The predicted molar refractivity (Wildman–Crippen MR) is 201 cm³/mol. The van der Waals surface area contributed by atoms with E-state index in [2.05, 4.69) is 66.9 Å². The van der Waals surface area contributed by atoms with Gasteiger partial charge in [0.25, 0.3) is 0 Å². The molecule has 6 aromatic carbocycles. The molecule has 0 spiro atoms. The SMILES string of the molecule is CC1(C)c2ccccc2-c2cc3c4cc(-c5cccc(S(C)(=O)=O)c5)ccc4n(-c4nc(-c5ccccc5)nc(-c5ccccc5)n4)c3cc21. The molecule has 0 bridgehead atoms. The van der Waals surface area contributed by atoms with Crippen LogP contribution < -0.4 is 0 Å². The van der Waals surface area contributed by atoms with Crippen LogP contribution >= 0.6 is 0 Å². The van der Waals surface area contributed by atoms with Gasteiger partial charge in [-0.15, -0.1) is 0 Å². The lowest BCUT2D eigenvalue weighted by atomic mass is 9.82. The molecule has 1 aliphatic rings. The van der Waals surface area contributed by atoms with Crippen LogP contribution in [0, 0.1) is 0 Å². The summed E-state index contributed by atoms with van der Waals surface area (Å²) in [5, 5.41) is 2.09. The van der Waals surface area contributed by atoms with Gasteiger partial charge in [-0.05, 0) is 69.8 Å². The third kappa shape index (κ3) is 4.76. The first-order valence-electron chi connectivity index (χ1n) is 16.6. The van der Waals surface area contributed by atoms with Gasteiger partial charge in [-0.25, -0.2) is 13.4 Å². The molecule has 7 heteroatoms. The van der Waals surface area contributed by atoms with Gasteiger partial charge < -0.3 is 0 Å². The number of sulfone groups is 1. The standard InChI is InChI=1S/C43H32N4O2S/c1-43(2)36-20-11-10-19-32(36)33-25-35-34-24-30(29-17-12-18-31(23-29)50(3,48)49)21-22-38(34)47(39(35)26-37(33)43)42-45-40(27-13-6-4-7-14-27)44-41(46-42)28-15-8-5-9-16-28/h4-26H,1-3H3. The Hall–Kier alpha value is -5.92. The molecular weight excluding hydrogens is 637 g/mol. The molecule has 50 heavy (non-hydrogen) atoms. The van der Waals surface area contributed by atoms with Crippen LogP contribution in [0.25, 0.3) is 72.8 Å². The van der Waals surface area contributed by atoms with E-state index < -0.39 is 9.84 Å². The van der Waals surface area contributed by atoms with Crippen LogP contribution in [0.5, 0.6) is 0 Å². The maximum absolute atomic E-state index is 12.5. The van der Waals surface area contributed by atoms with E-state index in [4.69, 9.17) is 15.0 Å². The van der Waals surface area contributed by atoms with Crippen LogP contribution in [0.15, 0.2) is 144 Å². The summed E-state index contributed by atoms with van der Waals surface area (Å²) in [5.41, 5.74) is 10.3. The molecule has 0 amide bonds. The highest BCUT2D eigenvalue weighted by molar-refractivity contribution is 7.90. The normalized spacial score (nSPS) is 13.4. The van der Waals surface area contributed by atoms with Gasteiger partial charge in [0.1, 0.15) is 0 Å². The van der Waals surface area contributed by atoms with Gasteiger partial charge in [-0.1, -0.05) is 117 Å². The number of hydrogen-bond acceptors (Lipinski definition) is 5. The predicted octanol–water partition coefficient (Wildman–Crippen LogP) is 9.68. The Balaban J connectivity index is 1.37. The van der Waals surface area contributed by atoms with Crippen molar-refractivity contribution in [1.82, 2.24) is 19.5 Å². The fourth-order valence-corrected chi connectivity index (χ4v) is 8.08. The van der Waals surface area contributed by atoms with Crippen molar-refractivity contribution < 1.29 is 8.42 Å². The highest BCUT2D eigenvalue weighted by Crippen LogP contribution is 2.51. The Morgan fingerprint density at radius 1 is 0.520 bits per heavy atom. The average Bonchev–Trinajstić information content (AvgIpc) is 3.58. The molecule has 0 unspecified atom stereocenters. The molecule has 1 aliphatic carbocycles. The van der Waals surface area contributed by atoms with Gasteiger partial charge in [0.05, 0.1) is 15.9 Å². The van der Waals surface area contributed by atoms with Gasteiger partial charge in [-0.3, -0.25) is 4.57 Å². The molecule has 0 atom stereocenters. The maximum atomic E-state index is 12.5. The van der Waals surface area contributed by atoms with E-state index in [1.54, 1.807) is 18.2 Å². The zero-order valence-corrected chi connectivity index (χ0v) is 28.6. The smallest absolute Gasteiger partial charge is 0.238 e. The number of fused-ring (bicyclic) bond motifs is 6. The number of hydrogen-bond donors (Lipinski definition) is 0. The van der Waals surface area contributed by atoms with E-state index in [1.807, 2.05) is 72.8 Å². The lowest BCUT2D eigenvalue weighted by Gasteiger charge is -2.21. The summed E-state index contributed by atoms with van der Waals surface area (Å²) in [7, 11) is -3.37. The summed E-state index contributed by atoms with van der Waals surface area (Å²) < 4.78 is 27.1. The minimum Gasteiger partial charge on any atom is -0.278 e. The first-order valence-corrected chi connectivity index (χ1v) is 18.5. The van der Waals surface area contributed by atoms with Gasteiger partial charge >= 0.3 is 0 Å². The summed E-state index contributed by atoms with van der Waals surface area (Å²) in [6.07, 6.45) is 1.24. The van der Waals surface area contributed by atoms with Crippen molar-refractivity contribution >= 4 is 31.6 Å². The molecule has 0 N–H and O–H groups in total. The van der Waals surface area contributed by atoms with Crippen LogP contribution in [0.3, 0.4) is 0 Å². The van der Waals surface area contributed by atoms with E-state index in [0.717, 1.165) is 44.1 Å². The second-order valence-electron chi connectivity index (χ2n) is 13.5. The second kappa shape index (κ2) is 11.1. The highest BCUT2D eigenvalue weighted by Gasteiger charge is 2.36. The summed E-state index contributed by atoms with van der Waals surface area (Å²) in [6, 6.07) is 46.7. The second-order valence-corrected chi connectivity index (χ2v) is 15.5. The van der Waals surface area contributed by atoms with Crippen LogP contribution in [0.4, 0.5) is 0 Å². The summed E-state index contributed by atoms with van der Waals surface area (Å²) in [5.74, 6) is 1.71. The fraction of sp³-hybridized carbons (Fsp3) is 0.0930. The van der Waals surface area contributed by atoms with Gasteiger partial charge in [0.2, 0.25) is 5.95 Å². The van der Waals surface area contributed by atoms with E-state index in [0.29, 0.717) is 22.5 Å². The van der Waals surface area contributed by atoms with Crippen LogP contribution in [0.1, 0.15) is 25.0 Å². The first-order chi connectivity index (χ1) is 24.2.